The van der Waals surface area contributed by atoms with Crippen LogP contribution in [0.4, 0.5) is 0 Å². The molecule has 1 unspecified atom stereocenters. The molecule has 0 aliphatic heterocycles. The maximum atomic E-state index is 3.67. The lowest BCUT2D eigenvalue weighted by atomic mass is 10.0. The van der Waals surface area contributed by atoms with Gasteiger partial charge in [-0.25, -0.2) is 0 Å². The van der Waals surface area contributed by atoms with Gasteiger partial charge in [0.1, 0.15) is 0 Å². The van der Waals surface area contributed by atoms with Gasteiger partial charge < -0.3 is 10.3 Å². The van der Waals surface area contributed by atoms with Gasteiger partial charge in [-0.05, 0) is 49.8 Å². The van der Waals surface area contributed by atoms with Crippen molar-refractivity contribution in [1.82, 2.24) is 10.3 Å². The molecule has 1 atom stereocenters. The summed E-state index contributed by atoms with van der Waals surface area (Å²) in [6.07, 6.45) is 6.02. The minimum absolute atomic E-state index is 0.570. The Morgan fingerprint density at radius 3 is 2.89 bits per heavy atom. The van der Waals surface area contributed by atoms with E-state index in [0.29, 0.717) is 11.5 Å². The predicted molar refractivity (Wildman–Crippen MR) is 76.8 cm³/mol. The molecular formula is C16H22N2. The smallest absolute Gasteiger partial charge is 0.0456 e. The fourth-order valence-electron chi connectivity index (χ4n) is 2.64. The third-order valence-electron chi connectivity index (χ3n) is 4.60. The van der Waals surface area contributed by atoms with Crippen LogP contribution >= 0.6 is 0 Å². The fourth-order valence-corrected chi connectivity index (χ4v) is 2.64. The van der Waals surface area contributed by atoms with Crippen molar-refractivity contribution in [3.8, 4) is 0 Å². The fraction of sp³-hybridized carbons (Fsp3) is 0.500. The molecule has 1 aromatic carbocycles. The largest absolute Gasteiger partial charge is 0.361 e. The summed E-state index contributed by atoms with van der Waals surface area (Å²) in [4.78, 5) is 3.34. The third-order valence-corrected chi connectivity index (χ3v) is 4.60. The van der Waals surface area contributed by atoms with Crippen LogP contribution < -0.4 is 5.32 Å². The van der Waals surface area contributed by atoms with Crippen molar-refractivity contribution in [3.05, 3.63) is 36.0 Å². The van der Waals surface area contributed by atoms with Crippen LogP contribution in [0.15, 0.2) is 30.5 Å². The topological polar surface area (TPSA) is 27.8 Å². The number of hydrogen-bond acceptors (Lipinski definition) is 1. The van der Waals surface area contributed by atoms with E-state index in [1.165, 1.54) is 29.3 Å². The van der Waals surface area contributed by atoms with E-state index in [4.69, 9.17) is 0 Å². The van der Waals surface area contributed by atoms with Crippen LogP contribution in [0.25, 0.3) is 10.9 Å². The van der Waals surface area contributed by atoms with E-state index in [-0.39, 0.29) is 0 Å². The summed E-state index contributed by atoms with van der Waals surface area (Å²) in [5, 5.41) is 5.04. The molecule has 2 nitrogen and oxygen atoms in total. The highest BCUT2D eigenvalue weighted by Crippen LogP contribution is 2.47. The first-order chi connectivity index (χ1) is 8.69. The number of hydrogen-bond donors (Lipinski definition) is 2. The lowest BCUT2D eigenvalue weighted by Gasteiger charge is -2.20. The molecule has 1 heterocycles. The van der Waals surface area contributed by atoms with E-state index in [0.717, 1.165) is 13.0 Å². The first-order valence-corrected chi connectivity index (χ1v) is 6.97. The highest BCUT2D eigenvalue weighted by molar-refractivity contribution is 5.83. The van der Waals surface area contributed by atoms with Gasteiger partial charge in [0.2, 0.25) is 0 Å². The van der Waals surface area contributed by atoms with Gasteiger partial charge in [-0.2, -0.15) is 0 Å². The number of aromatic nitrogens is 1. The Kier molecular flexibility index (Phi) is 2.90. The van der Waals surface area contributed by atoms with Crippen LogP contribution in [-0.4, -0.2) is 17.6 Å². The minimum Gasteiger partial charge on any atom is -0.361 e. The van der Waals surface area contributed by atoms with Crippen LogP contribution in [0.3, 0.4) is 0 Å². The number of nitrogens with one attached hydrogen (secondary N) is 2. The second-order valence-corrected chi connectivity index (χ2v) is 5.94. The van der Waals surface area contributed by atoms with E-state index < -0.39 is 0 Å². The number of para-hydroxylation sites is 1. The van der Waals surface area contributed by atoms with Crippen LogP contribution in [0.5, 0.6) is 0 Å². The number of benzene rings is 1. The number of H-pyrrole nitrogens is 1. The second-order valence-electron chi connectivity index (χ2n) is 5.94. The molecule has 0 bridgehead atoms. The quantitative estimate of drug-likeness (QED) is 0.825. The minimum atomic E-state index is 0.570. The van der Waals surface area contributed by atoms with Gasteiger partial charge in [-0.15, -0.1) is 0 Å². The summed E-state index contributed by atoms with van der Waals surface area (Å²) in [6.45, 7) is 5.77. The molecule has 1 saturated carbocycles. The maximum Gasteiger partial charge on any atom is 0.0456 e. The third kappa shape index (κ3) is 2.17. The number of fused-ring (bicyclic) bond motifs is 1. The predicted octanol–water partition coefficient (Wildman–Crippen LogP) is 3.49. The molecule has 1 aliphatic rings. The zero-order valence-corrected chi connectivity index (χ0v) is 11.3. The van der Waals surface area contributed by atoms with Gasteiger partial charge in [0, 0.05) is 23.1 Å². The molecular weight excluding hydrogens is 220 g/mol. The van der Waals surface area contributed by atoms with Gasteiger partial charge in [-0.3, -0.25) is 0 Å². The molecule has 1 aromatic heterocycles. The van der Waals surface area contributed by atoms with Gasteiger partial charge in [0.05, 0.1) is 0 Å². The Hall–Kier alpha value is -1.28. The first-order valence-electron chi connectivity index (χ1n) is 6.97. The van der Waals surface area contributed by atoms with Gasteiger partial charge in [0.15, 0.2) is 0 Å². The molecule has 0 amide bonds. The maximum absolute atomic E-state index is 3.67. The summed E-state index contributed by atoms with van der Waals surface area (Å²) in [6, 6.07) is 9.17. The zero-order valence-electron chi connectivity index (χ0n) is 11.3. The summed E-state index contributed by atoms with van der Waals surface area (Å²) in [7, 11) is 0. The summed E-state index contributed by atoms with van der Waals surface area (Å²) < 4.78 is 0. The van der Waals surface area contributed by atoms with Gasteiger partial charge in [-0.1, -0.05) is 25.1 Å². The Bertz CT molecular complexity index is 537. The molecule has 18 heavy (non-hydrogen) atoms. The SMILES string of the molecule is CC(NCCc1c[nH]c2ccccc12)C1(C)CC1. The molecule has 2 N–H and O–H groups in total. The molecule has 0 spiro atoms. The monoisotopic (exact) mass is 242 g/mol. The number of rotatable bonds is 5. The molecule has 2 heteroatoms. The summed E-state index contributed by atoms with van der Waals surface area (Å²) in [5.74, 6) is 0. The van der Waals surface area contributed by atoms with Gasteiger partial charge >= 0.3 is 0 Å². The summed E-state index contributed by atoms with van der Waals surface area (Å²) >= 11 is 0. The molecule has 0 saturated heterocycles. The Balaban J connectivity index is 1.60. The van der Waals surface area contributed by atoms with Crippen molar-refractivity contribution < 1.29 is 0 Å². The molecule has 1 aliphatic carbocycles. The van der Waals surface area contributed by atoms with Crippen LogP contribution in [0.1, 0.15) is 32.3 Å². The molecule has 3 rings (SSSR count). The average molecular weight is 242 g/mol. The Labute approximate surface area is 109 Å². The Morgan fingerprint density at radius 1 is 1.33 bits per heavy atom. The van der Waals surface area contributed by atoms with Gasteiger partial charge in [0.25, 0.3) is 0 Å². The lowest BCUT2D eigenvalue weighted by Crippen LogP contribution is -2.34. The van der Waals surface area contributed by atoms with E-state index >= 15 is 0 Å². The first kappa shape index (κ1) is 11.8. The van der Waals surface area contributed by atoms with Crippen molar-refractivity contribution in [2.75, 3.05) is 6.54 Å². The molecule has 1 fully saturated rings. The standard InChI is InChI=1S/C16H22N2/c1-12(16(2)8-9-16)17-10-7-13-11-18-15-6-4-3-5-14(13)15/h3-6,11-12,17-18H,7-10H2,1-2H3. The second kappa shape index (κ2) is 4.43. The molecule has 0 radical (unpaired) electrons. The van der Waals surface area contributed by atoms with E-state index in [1.54, 1.807) is 0 Å². The molecule has 96 valence electrons. The van der Waals surface area contributed by atoms with Crippen LogP contribution in [-0.2, 0) is 6.42 Å². The van der Waals surface area contributed by atoms with E-state index in [2.05, 4.69) is 54.6 Å². The highest BCUT2D eigenvalue weighted by atomic mass is 14.9. The van der Waals surface area contributed by atoms with E-state index in [1.807, 2.05) is 0 Å². The van der Waals surface area contributed by atoms with Crippen molar-refractivity contribution in [1.29, 1.82) is 0 Å². The van der Waals surface area contributed by atoms with Crippen molar-refractivity contribution in [2.24, 2.45) is 5.41 Å². The average Bonchev–Trinajstić information content (AvgIpc) is 3.01. The summed E-state index contributed by atoms with van der Waals surface area (Å²) in [5.41, 5.74) is 3.24. The van der Waals surface area contributed by atoms with Crippen molar-refractivity contribution >= 4 is 10.9 Å². The highest BCUT2D eigenvalue weighted by Gasteiger charge is 2.41. The normalized spacial score (nSPS) is 19.0. The number of aromatic amines is 1. The van der Waals surface area contributed by atoms with Crippen molar-refractivity contribution in [3.63, 3.8) is 0 Å². The van der Waals surface area contributed by atoms with Crippen LogP contribution in [0.2, 0.25) is 0 Å². The lowest BCUT2D eigenvalue weighted by molar-refractivity contribution is 0.384. The Morgan fingerprint density at radius 2 is 2.11 bits per heavy atom. The zero-order chi connectivity index (χ0) is 12.6. The molecule has 2 aromatic rings. The van der Waals surface area contributed by atoms with Crippen LogP contribution in [0, 0.1) is 5.41 Å². The van der Waals surface area contributed by atoms with Crippen molar-refractivity contribution in [2.45, 2.75) is 39.2 Å². The van der Waals surface area contributed by atoms with E-state index in [9.17, 15) is 0 Å².